The summed E-state index contributed by atoms with van der Waals surface area (Å²) in [6.07, 6.45) is 1.72. The topological polar surface area (TPSA) is 57.0 Å². The van der Waals surface area contributed by atoms with Crippen molar-refractivity contribution in [2.75, 3.05) is 41.5 Å². The van der Waals surface area contributed by atoms with Gasteiger partial charge >= 0.3 is 0 Å². The van der Waals surface area contributed by atoms with E-state index in [4.69, 9.17) is 19.9 Å². The van der Waals surface area contributed by atoms with Crippen LogP contribution in [0.15, 0.2) is 12.1 Å². The van der Waals surface area contributed by atoms with Crippen LogP contribution in [0.1, 0.15) is 18.9 Å². The summed E-state index contributed by atoms with van der Waals surface area (Å²) in [6, 6.07) is 4.02. The number of hydrogen-bond acceptors (Lipinski definition) is 5. The highest BCUT2D eigenvalue weighted by atomic mass is 16.5. The van der Waals surface area contributed by atoms with Crippen LogP contribution in [0.25, 0.3) is 0 Å². The Morgan fingerprint density at radius 3 is 2.14 bits per heavy atom. The molecule has 120 valence electrons. The van der Waals surface area contributed by atoms with Gasteiger partial charge in [0.2, 0.25) is 5.75 Å². The van der Waals surface area contributed by atoms with E-state index in [1.807, 2.05) is 33.2 Å². The van der Waals surface area contributed by atoms with Gasteiger partial charge in [0.15, 0.2) is 11.5 Å². The van der Waals surface area contributed by atoms with Gasteiger partial charge in [-0.2, -0.15) is 0 Å². The van der Waals surface area contributed by atoms with E-state index in [-0.39, 0.29) is 6.04 Å². The number of nitrogens with zero attached hydrogens (tertiary/aromatic N) is 1. The van der Waals surface area contributed by atoms with Gasteiger partial charge in [-0.1, -0.05) is 0 Å². The van der Waals surface area contributed by atoms with E-state index in [1.165, 1.54) is 0 Å². The van der Waals surface area contributed by atoms with Gasteiger partial charge in [0.1, 0.15) is 0 Å². The van der Waals surface area contributed by atoms with Crippen LogP contribution in [0.5, 0.6) is 17.2 Å². The Labute approximate surface area is 128 Å². The first-order valence-electron chi connectivity index (χ1n) is 7.26. The molecule has 0 radical (unpaired) electrons. The first kappa shape index (κ1) is 17.6. The zero-order valence-electron chi connectivity index (χ0n) is 13.8. The molecule has 0 bridgehead atoms. The molecule has 0 amide bonds. The summed E-state index contributed by atoms with van der Waals surface area (Å²) in [6.45, 7) is 3.58. The van der Waals surface area contributed by atoms with Crippen molar-refractivity contribution in [2.45, 2.75) is 25.8 Å². The summed E-state index contributed by atoms with van der Waals surface area (Å²) in [7, 11) is 7.36. The fraction of sp³-hybridized carbons (Fsp3) is 0.625. The fourth-order valence-corrected chi connectivity index (χ4v) is 2.12. The van der Waals surface area contributed by atoms with Crippen LogP contribution in [0.2, 0.25) is 0 Å². The van der Waals surface area contributed by atoms with E-state index in [0.29, 0.717) is 23.9 Å². The Hall–Kier alpha value is -1.46. The Bertz CT molecular complexity index is 409. The molecular weight excluding hydrogens is 268 g/mol. The molecule has 0 saturated carbocycles. The van der Waals surface area contributed by atoms with E-state index in [9.17, 15) is 0 Å². The molecule has 1 atom stereocenters. The lowest BCUT2D eigenvalue weighted by Crippen LogP contribution is -2.18. The Balaban J connectivity index is 2.85. The highest BCUT2D eigenvalue weighted by molar-refractivity contribution is 5.54. The summed E-state index contributed by atoms with van der Waals surface area (Å²) in [4.78, 5) is 2.13. The third-order valence-electron chi connectivity index (χ3n) is 3.07. The van der Waals surface area contributed by atoms with Gasteiger partial charge in [-0.05, 0) is 51.6 Å². The average Bonchev–Trinajstić information content (AvgIpc) is 2.42. The Morgan fingerprint density at radius 1 is 1.14 bits per heavy atom. The predicted molar refractivity (Wildman–Crippen MR) is 85.6 cm³/mol. The van der Waals surface area contributed by atoms with E-state index in [0.717, 1.165) is 24.9 Å². The molecule has 1 unspecified atom stereocenters. The van der Waals surface area contributed by atoms with Gasteiger partial charge in [0.25, 0.3) is 0 Å². The maximum atomic E-state index is 5.85. The second-order valence-electron chi connectivity index (χ2n) is 5.52. The monoisotopic (exact) mass is 296 g/mol. The van der Waals surface area contributed by atoms with Crippen LogP contribution in [0, 0.1) is 0 Å². The zero-order chi connectivity index (χ0) is 15.8. The molecular formula is C16H28N2O3. The number of nitrogens with two attached hydrogens (primary N) is 1. The summed E-state index contributed by atoms with van der Waals surface area (Å²) in [5.74, 6) is 2.04. The molecule has 0 saturated heterocycles. The summed E-state index contributed by atoms with van der Waals surface area (Å²) >= 11 is 0. The van der Waals surface area contributed by atoms with Crippen molar-refractivity contribution in [2.24, 2.45) is 5.73 Å². The van der Waals surface area contributed by atoms with Gasteiger partial charge in [-0.25, -0.2) is 0 Å². The zero-order valence-corrected chi connectivity index (χ0v) is 13.8. The van der Waals surface area contributed by atoms with Gasteiger partial charge < -0.3 is 24.8 Å². The molecule has 1 aromatic rings. The molecule has 21 heavy (non-hydrogen) atoms. The molecule has 0 heterocycles. The van der Waals surface area contributed by atoms with Crippen molar-refractivity contribution in [3.05, 3.63) is 17.7 Å². The fourth-order valence-electron chi connectivity index (χ4n) is 2.12. The van der Waals surface area contributed by atoms with Crippen molar-refractivity contribution in [1.82, 2.24) is 4.90 Å². The van der Waals surface area contributed by atoms with Crippen molar-refractivity contribution in [3.63, 3.8) is 0 Å². The number of methoxy groups -OCH3 is 2. The molecule has 2 N–H and O–H groups in total. The second-order valence-corrected chi connectivity index (χ2v) is 5.52. The predicted octanol–water partition coefficient (Wildman–Crippen LogP) is 1.92. The van der Waals surface area contributed by atoms with Gasteiger partial charge in [-0.3, -0.25) is 0 Å². The maximum absolute atomic E-state index is 5.85. The number of benzene rings is 1. The lowest BCUT2D eigenvalue weighted by molar-refractivity contribution is 0.254. The molecule has 0 aliphatic rings. The molecule has 5 nitrogen and oxygen atoms in total. The van der Waals surface area contributed by atoms with E-state index in [2.05, 4.69) is 4.90 Å². The largest absolute Gasteiger partial charge is 0.493 e. The van der Waals surface area contributed by atoms with Crippen molar-refractivity contribution >= 4 is 0 Å². The third kappa shape index (κ3) is 5.81. The lowest BCUT2D eigenvalue weighted by Gasteiger charge is -2.17. The van der Waals surface area contributed by atoms with Gasteiger partial charge in [0, 0.05) is 12.6 Å². The van der Waals surface area contributed by atoms with Crippen LogP contribution in [0.4, 0.5) is 0 Å². The number of hydrogen-bond donors (Lipinski definition) is 1. The first-order valence-corrected chi connectivity index (χ1v) is 7.26. The van der Waals surface area contributed by atoms with Gasteiger partial charge in [-0.15, -0.1) is 0 Å². The van der Waals surface area contributed by atoms with Crippen LogP contribution in [-0.2, 0) is 6.42 Å². The normalized spacial score (nSPS) is 12.3. The molecule has 0 aromatic heterocycles. The Kier molecular flexibility index (Phi) is 7.32. The minimum atomic E-state index is 0.0891. The molecule has 5 heteroatoms. The molecule has 1 rings (SSSR count). The SMILES string of the molecule is COc1cc(CC(C)N)cc(OC)c1OCCCN(C)C. The van der Waals surface area contributed by atoms with Crippen LogP contribution >= 0.6 is 0 Å². The standard InChI is InChI=1S/C16H28N2O3/c1-12(17)9-13-10-14(19-4)16(15(11-13)20-5)21-8-6-7-18(2)3/h10-12H,6-9,17H2,1-5H3. The quantitative estimate of drug-likeness (QED) is 0.706. The first-order chi connectivity index (χ1) is 9.97. The molecule has 0 spiro atoms. The van der Waals surface area contributed by atoms with Crippen LogP contribution < -0.4 is 19.9 Å². The highest BCUT2D eigenvalue weighted by Crippen LogP contribution is 2.38. The molecule has 0 fully saturated rings. The van der Waals surface area contributed by atoms with Crippen molar-refractivity contribution in [3.8, 4) is 17.2 Å². The van der Waals surface area contributed by atoms with Crippen LogP contribution in [-0.4, -0.2) is 52.4 Å². The Morgan fingerprint density at radius 2 is 1.71 bits per heavy atom. The third-order valence-corrected chi connectivity index (χ3v) is 3.07. The molecule has 0 aliphatic carbocycles. The summed E-state index contributed by atoms with van der Waals surface area (Å²) < 4.78 is 16.7. The lowest BCUT2D eigenvalue weighted by atomic mass is 10.1. The van der Waals surface area contributed by atoms with Crippen LogP contribution in [0.3, 0.4) is 0 Å². The van der Waals surface area contributed by atoms with E-state index in [1.54, 1.807) is 14.2 Å². The second kappa shape index (κ2) is 8.74. The minimum Gasteiger partial charge on any atom is -0.493 e. The van der Waals surface area contributed by atoms with E-state index >= 15 is 0 Å². The van der Waals surface area contributed by atoms with Gasteiger partial charge in [0.05, 0.1) is 20.8 Å². The average molecular weight is 296 g/mol. The maximum Gasteiger partial charge on any atom is 0.203 e. The highest BCUT2D eigenvalue weighted by Gasteiger charge is 2.14. The smallest absolute Gasteiger partial charge is 0.203 e. The molecule has 1 aromatic carbocycles. The minimum absolute atomic E-state index is 0.0891. The number of ether oxygens (including phenoxy) is 3. The van der Waals surface area contributed by atoms with Crippen molar-refractivity contribution in [1.29, 1.82) is 0 Å². The molecule has 0 aliphatic heterocycles. The number of rotatable bonds is 9. The summed E-state index contributed by atoms with van der Waals surface area (Å²) in [5.41, 5.74) is 6.94. The van der Waals surface area contributed by atoms with Crippen molar-refractivity contribution < 1.29 is 14.2 Å². The van der Waals surface area contributed by atoms with E-state index < -0.39 is 0 Å². The summed E-state index contributed by atoms with van der Waals surface area (Å²) in [5, 5.41) is 0.